The first-order valence-corrected chi connectivity index (χ1v) is 5.22. The van der Waals surface area contributed by atoms with E-state index in [0.717, 1.165) is 5.69 Å². The predicted octanol–water partition coefficient (Wildman–Crippen LogP) is 1.16. The van der Waals surface area contributed by atoms with Gasteiger partial charge in [-0.05, 0) is 12.1 Å². The summed E-state index contributed by atoms with van der Waals surface area (Å²) >= 11 is 0. The number of para-hydroxylation sites is 1. The zero-order chi connectivity index (χ0) is 12.4. The van der Waals surface area contributed by atoms with Gasteiger partial charge in [0.2, 0.25) is 0 Å². The van der Waals surface area contributed by atoms with Crippen molar-refractivity contribution in [3.63, 3.8) is 0 Å². The van der Waals surface area contributed by atoms with Crippen LogP contribution >= 0.6 is 0 Å². The van der Waals surface area contributed by atoms with Gasteiger partial charge < -0.3 is 10.6 Å². The maximum Gasteiger partial charge on any atom is 0.255 e. The summed E-state index contributed by atoms with van der Waals surface area (Å²) in [4.78, 5) is 13.5. The van der Waals surface area contributed by atoms with Crippen LogP contribution < -0.4 is 5.73 Å². The van der Waals surface area contributed by atoms with E-state index in [1.165, 1.54) is 4.90 Å². The predicted molar refractivity (Wildman–Crippen MR) is 66.0 cm³/mol. The number of nitrogens with two attached hydrogens (primary N) is 1. The highest BCUT2D eigenvalue weighted by atomic mass is 16.2. The molecule has 0 aliphatic carbocycles. The molecule has 1 aromatic carbocycles. The third-order valence-corrected chi connectivity index (χ3v) is 2.40. The summed E-state index contributed by atoms with van der Waals surface area (Å²) in [5, 5.41) is 4.11. The van der Waals surface area contributed by atoms with Crippen LogP contribution in [0.5, 0.6) is 0 Å². The van der Waals surface area contributed by atoms with Crippen molar-refractivity contribution < 1.29 is 4.79 Å². The molecule has 0 spiro atoms. The highest BCUT2D eigenvalue weighted by molar-refractivity contribution is 5.97. The van der Waals surface area contributed by atoms with Gasteiger partial charge in [0.1, 0.15) is 5.82 Å². The van der Waals surface area contributed by atoms with Gasteiger partial charge in [0.25, 0.3) is 5.91 Å². The first kappa shape index (κ1) is 11.2. The number of aromatic nitrogens is 2. The van der Waals surface area contributed by atoms with Crippen LogP contribution in [0.25, 0.3) is 5.69 Å². The van der Waals surface area contributed by atoms with Gasteiger partial charge in [-0.2, -0.15) is 5.10 Å². The molecule has 0 atom stereocenters. The van der Waals surface area contributed by atoms with E-state index in [9.17, 15) is 4.79 Å². The summed E-state index contributed by atoms with van der Waals surface area (Å²) in [6, 6.07) is 8.99. The van der Waals surface area contributed by atoms with Crippen molar-refractivity contribution in [1.29, 1.82) is 0 Å². The van der Waals surface area contributed by atoms with E-state index < -0.39 is 0 Å². The molecule has 1 amide bonds. The third kappa shape index (κ3) is 2.13. The lowest BCUT2D eigenvalue weighted by molar-refractivity contribution is 0.0827. The molecule has 0 aliphatic heterocycles. The number of hydrogen-bond acceptors (Lipinski definition) is 3. The van der Waals surface area contributed by atoms with Crippen LogP contribution in [0.3, 0.4) is 0 Å². The molecule has 0 aliphatic rings. The minimum absolute atomic E-state index is 0.0605. The molecule has 0 unspecified atom stereocenters. The fourth-order valence-electron chi connectivity index (χ4n) is 1.57. The number of rotatable bonds is 2. The number of carbonyl (C=O) groups excluding carboxylic acids is 1. The lowest BCUT2D eigenvalue weighted by atomic mass is 10.1. The van der Waals surface area contributed by atoms with Crippen LogP contribution in [-0.2, 0) is 0 Å². The van der Waals surface area contributed by atoms with Gasteiger partial charge in [0.15, 0.2) is 0 Å². The number of hydrogen-bond donors (Lipinski definition) is 1. The van der Waals surface area contributed by atoms with E-state index in [4.69, 9.17) is 5.73 Å². The topological polar surface area (TPSA) is 64.2 Å². The first-order chi connectivity index (χ1) is 8.09. The molecule has 2 aromatic rings. The number of anilines is 1. The van der Waals surface area contributed by atoms with Crippen LogP contribution in [0.2, 0.25) is 0 Å². The van der Waals surface area contributed by atoms with Crippen LogP contribution in [0, 0.1) is 0 Å². The molecule has 2 N–H and O–H groups in total. The Morgan fingerprint density at radius 1 is 1.29 bits per heavy atom. The van der Waals surface area contributed by atoms with Gasteiger partial charge in [0.05, 0.1) is 11.3 Å². The second-order valence-corrected chi connectivity index (χ2v) is 3.90. The van der Waals surface area contributed by atoms with Crippen LogP contribution in [-0.4, -0.2) is 34.7 Å². The maximum absolute atomic E-state index is 12.0. The van der Waals surface area contributed by atoms with Crippen molar-refractivity contribution in [2.75, 3.05) is 19.8 Å². The van der Waals surface area contributed by atoms with Gasteiger partial charge in [-0.25, -0.2) is 4.68 Å². The molecule has 5 heteroatoms. The minimum Gasteiger partial charge on any atom is -0.382 e. The Hall–Kier alpha value is -2.30. The van der Waals surface area contributed by atoms with Crippen molar-refractivity contribution in [2.45, 2.75) is 0 Å². The van der Waals surface area contributed by atoms with E-state index in [-0.39, 0.29) is 5.91 Å². The summed E-state index contributed by atoms with van der Waals surface area (Å²) < 4.78 is 1.60. The quantitative estimate of drug-likeness (QED) is 0.841. The summed E-state index contributed by atoms with van der Waals surface area (Å²) in [6.45, 7) is 0. The molecule has 5 nitrogen and oxygen atoms in total. The second kappa shape index (κ2) is 4.29. The fraction of sp³-hybridized carbons (Fsp3) is 0.167. The molecule has 1 heterocycles. The molecule has 0 saturated heterocycles. The van der Waals surface area contributed by atoms with E-state index in [1.54, 1.807) is 37.1 Å². The van der Waals surface area contributed by atoms with Gasteiger partial charge in [-0.3, -0.25) is 4.79 Å². The van der Waals surface area contributed by atoms with Gasteiger partial charge in [-0.1, -0.05) is 12.1 Å². The van der Waals surface area contributed by atoms with Crippen LogP contribution in [0.15, 0.2) is 36.5 Å². The molecule has 88 valence electrons. The first-order valence-electron chi connectivity index (χ1n) is 5.22. The molecule has 1 aromatic heterocycles. The van der Waals surface area contributed by atoms with Crippen molar-refractivity contribution in [3.05, 3.63) is 42.1 Å². The van der Waals surface area contributed by atoms with E-state index in [2.05, 4.69) is 5.10 Å². The highest BCUT2D eigenvalue weighted by Crippen LogP contribution is 2.15. The summed E-state index contributed by atoms with van der Waals surface area (Å²) in [5.74, 6) is 0.367. The average Bonchev–Trinajstić information content (AvgIpc) is 2.74. The zero-order valence-corrected chi connectivity index (χ0v) is 9.79. The normalized spacial score (nSPS) is 10.2. The molecule has 0 radical (unpaired) electrons. The molecule has 17 heavy (non-hydrogen) atoms. The molecule has 0 fully saturated rings. The third-order valence-electron chi connectivity index (χ3n) is 2.40. The number of nitrogen functional groups attached to an aromatic ring is 1. The summed E-state index contributed by atoms with van der Waals surface area (Å²) in [5.41, 5.74) is 6.90. The molecular weight excluding hydrogens is 216 g/mol. The number of nitrogens with zero attached hydrogens (tertiary/aromatic N) is 3. The number of carbonyl (C=O) groups is 1. The lowest BCUT2D eigenvalue weighted by Crippen LogP contribution is -2.23. The van der Waals surface area contributed by atoms with Crippen LogP contribution in [0.4, 0.5) is 5.82 Å². The number of benzene rings is 1. The Morgan fingerprint density at radius 2 is 2.00 bits per heavy atom. The summed E-state index contributed by atoms with van der Waals surface area (Å²) in [7, 11) is 3.44. The van der Waals surface area contributed by atoms with Gasteiger partial charge >= 0.3 is 0 Å². The smallest absolute Gasteiger partial charge is 0.255 e. The van der Waals surface area contributed by atoms with Crippen molar-refractivity contribution in [1.82, 2.24) is 14.7 Å². The SMILES string of the molecule is CN(C)C(=O)c1ccccc1-n1ccc(N)n1. The largest absolute Gasteiger partial charge is 0.382 e. The zero-order valence-electron chi connectivity index (χ0n) is 9.79. The van der Waals surface area contributed by atoms with Crippen molar-refractivity contribution in [3.8, 4) is 5.69 Å². The van der Waals surface area contributed by atoms with Gasteiger partial charge in [-0.15, -0.1) is 0 Å². The highest BCUT2D eigenvalue weighted by Gasteiger charge is 2.14. The van der Waals surface area contributed by atoms with Crippen LogP contribution in [0.1, 0.15) is 10.4 Å². The Balaban J connectivity index is 2.51. The Bertz CT molecular complexity index is 545. The second-order valence-electron chi connectivity index (χ2n) is 3.90. The average molecular weight is 230 g/mol. The van der Waals surface area contributed by atoms with Gasteiger partial charge in [0, 0.05) is 26.4 Å². The Labute approximate surface area is 99.5 Å². The summed E-state index contributed by atoms with van der Waals surface area (Å²) in [6.07, 6.45) is 1.73. The van der Waals surface area contributed by atoms with E-state index in [0.29, 0.717) is 11.4 Å². The number of amides is 1. The Morgan fingerprint density at radius 3 is 2.59 bits per heavy atom. The molecule has 0 bridgehead atoms. The monoisotopic (exact) mass is 230 g/mol. The van der Waals surface area contributed by atoms with E-state index >= 15 is 0 Å². The molecule has 0 saturated carbocycles. The van der Waals surface area contributed by atoms with E-state index in [1.807, 2.05) is 18.2 Å². The van der Waals surface area contributed by atoms with Crippen molar-refractivity contribution in [2.24, 2.45) is 0 Å². The standard InChI is InChI=1S/C12H14N4O/c1-15(2)12(17)9-5-3-4-6-10(9)16-8-7-11(13)14-16/h3-8H,1-2H3,(H2,13,14). The molecular formula is C12H14N4O. The minimum atomic E-state index is -0.0605. The lowest BCUT2D eigenvalue weighted by Gasteiger charge is -2.13. The fourth-order valence-corrected chi connectivity index (χ4v) is 1.57. The van der Waals surface area contributed by atoms with Crippen molar-refractivity contribution >= 4 is 11.7 Å². The maximum atomic E-state index is 12.0. The molecule has 2 rings (SSSR count). The Kier molecular flexibility index (Phi) is 2.82.